The molecular weight excluding hydrogens is 374 g/mol. The number of benzene rings is 2. The van der Waals surface area contributed by atoms with Gasteiger partial charge in [0.25, 0.3) is 23.6 Å². The summed E-state index contributed by atoms with van der Waals surface area (Å²) in [5.41, 5.74) is 6.18. The second-order valence-corrected chi connectivity index (χ2v) is 6.21. The van der Waals surface area contributed by atoms with E-state index >= 15 is 0 Å². The van der Waals surface area contributed by atoms with Crippen molar-refractivity contribution in [2.75, 3.05) is 19.0 Å². The third-order valence-corrected chi connectivity index (χ3v) is 4.18. The SMILES string of the molecule is CN1C(=O)c2ccc(NC(=O)COc3cc(Cl)ccc3C(N)=O)cc2C1=O. The molecule has 0 spiro atoms. The molecule has 0 aromatic heterocycles. The lowest BCUT2D eigenvalue weighted by Crippen LogP contribution is -2.24. The Morgan fingerprint density at radius 1 is 1.11 bits per heavy atom. The molecule has 1 aliphatic heterocycles. The van der Waals surface area contributed by atoms with E-state index in [2.05, 4.69) is 5.32 Å². The topological polar surface area (TPSA) is 119 Å². The highest BCUT2D eigenvalue weighted by atomic mass is 35.5. The Kier molecular flexibility index (Phi) is 4.83. The van der Waals surface area contributed by atoms with Crippen LogP contribution in [0, 0.1) is 0 Å². The fraction of sp³-hybridized carbons (Fsp3) is 0.111. The van der Waals surface area contributed by atoms with Crippen LogP contribution < -0.4 is 15.8 Å². The minimum absolute atomic E-state index is 0.0847. The second kappa shape index (κ2) is 7.08. The molecule has 138 valence electrons. The summed E-state index contributed by atoms with van der Waals surface area (Å²) in [5.74, 6) is -1.99. The number of amides is 4. The van der Waals surface area contributed by atoms with Gasteiger partial charge in [-0.25, -0.2) is 0 Å². The van der Waals surface area contributed by atoms with Crippen LogP contribution in [0.1, 0.15) is 31.1 Å². The maximum atomic E-state index is 12.1. The molecule has 0 bridgehead atoms. The van der Waals surface area contributed by atoms with E-state index in [9.17, 15) is 19.2 Å². The Hall–Kier alpha value is -3.39. The fourth-order valence-electron chi connectivity index (χ4n) is 2.60. The Bertz CT molecular complexity index is 989. The van der Waals surface area contributed by atoms with Crippen molar-refractivity contribution in [3.05, 3.63) is 58.1 Å². The van der Waals surface area contributed by atoms with Gasteiger partial charge in [-0.1, -0.05) is 11.6 Å². The van der Waals surface area contributed by atoms with E-state index in [1.165, 1.54) is 43.4 Å². The van der Waals surface area contributed by atoms with Crippen LogP contribution in [0.25, 0.3) is 0 Å². The smallest absolute Gasteiger partial charge is 0.262 e. The highest BCUT2D eigenvalue weighted by Crippen LogP contribution is 2.25. The van der Waals surface area contributed by atoms with Crippen molar-refractivity contribution in [1.82, 2.24) is 4.90 Å². The maximum Gasteiger partial charge on any atom is 0.262 e. The Balaban J connectivity index is 1.70. The molecule has 0 fully saturated rings. The van der Waals surface area contributed by atoms with Crippen LogP contribution >= 0.6 is 11.6 Å². The molecule has 3 N–H and O–H groups in total. The van der Waals surface area contributed by atoms with Gasteiger partial charge >= 0.3 is 0 Å². The molecule has 4 amide bonds. The van der Waals surface area contributed by atoms with Crippen LogP contribution in [0.15, 0.2) is 36.4 Å². The number of carbonyl (C=O) groups excluding carboxylic acids is 4. The van der Waals surface area contributed by atoms with Crippen molar-refractivity contribution in [1.29, 1.82) is 0 Å². The van der Waals surface area contributed by atoms with E-state index < -0.39 is 30.2 Å². The standard InChI is InChI=1S/C18H14ClN3O5/c1-22-17(25)11-5-3-10(7-13(11)18(22)26)21-15(23)8-27-14-6-9(19)2-4-12(14)16(20)24/h2-7H,8H2,1H3,(H2,20,24)(H,21,23). The molecule has 0 radical (unpaired) electrons. The third-order valence-electron chi connectivity index (χ3n) is 3.94. The number of nitrogens with two attached hydrogens (primary N) is 1. The summed E-state index contributed by atoms with van der Waals surface area (Å²) in [5, 5.41) is 2.88. The van der Waals surface area contributed by atoms with E-state index in [4.69, 9.17) is 22.1 Å². The molecule has 0 unspecified atom stereocenters. The molecule has 2 aromatic rings. The number of fused-ring (bicyclic) bond motifs is 1. The molecule has 1 heterocycles. The zero-order valence-electron chi connectivity index (χ0n) is 14.1. The van der Waals surface area contributed by atoms with Crippen LogP contribution in [0.4, 0.5) is 5.69 Å². The van der Waals surface area contributed by atoms with Crippen LogP contribution in [0.2, 0.25) is 5.02 Å². The largest absolute Gasteiger partial charge is 0.483 e. The first kappa shape index (κ1) is 18.4. The predicted molar refractivity (Wildman–Crippen MR) is 97.0 cm³/mol. The summed E-state index contributed by atoms with van der Waals surface area (Å²) in [6.45, 7) is -0.412. The summed E-state index contributed by atoms with van der Waals surface area (Å²) in [7, 11) is 1.39. The highest BCUT2D eigenvalue weighted by molar-refractivity contribution is 6.30. The molecule has 0 saturated heterocycles. The summed E-state index contributed by atoms with van der Waals surface area (Å²) in [6.07, 6.45) is 0. The molecule has 2 aromatic carbocycles. The first-order valence-electron chi connectivity index (χ1n) is 7.76. The molecule has 0 saturated carbocycles. The number of nitrogens with one attached hydrogen (secondary N) is 1. The summed E-state index contributed by atoms with van der Waals surface area (Å²) in [4.78, 5) is 48.4. The molecule has 0 aliphatic carbocycles. The van der Waals surface area contributed by atoms with E-state index in [0.29, 0.717) is 10.7 Å². The number of carbonyl (C=O) groups is 4. The Morgan fingerprint density at radius 2 is 1.81 bits per heavy atom. The van der Waals surface area contributed by atoms with Crippen molar-refractivity contribution < 1.29 is 23.9 Å². The predicted octanol–water partition coefficient (Wildman–Crippen LogP) is 1.68. The van der Waals surface area contributed by atoms with Gasteiger partial charge < -0.3 is 15.8 Å². The number of nitrogens with zero attached hydrogens (tertiary/aromatic N) is 1. The monoisotopic (exact) mass is 387 g/mol. The van der Waals surface area contributed by atoms with Gasteiger partial charge in [0.1, 0.15) is 5.75 Å². The van der Waals surface area contributed by atoms with Gasteiger partial charge in [0.15, 0.2) is 6.61 Å². The summed E-state index contributed by atoms with van der Waals surface area (Å²) < 4.78 is 5.33. The van der Waals surface area contributed by atoms with Crippen molar-refractivity contribution in [3.63, 3.8) is 0 Å². The molecule has 1 aliphatic rings. The average Bonchev–Trinajstić information content (AvgIpc) is 2.84. The quantitative estimate of drug-likeness (QED) is 0.756. The number of rotatable bonds is 5. The lowest BCUT2D eigenvalue weighted by Gasteiger charge is -2.11. The Morgan fingerprint density at radius 3 is 2.52 bits per heavy atom. The number of hydrogen-bond donors (Lipinski definition) is 2. The highest BCUT2D eigenvalue weighted by Gasteiger charge is 2.32. The van der Waals surface area contributed by atoms with Gasteiger partial charge in [-0.15, -0.1) is 0 Å². The number of imide groups is 1. The van der Waals surface area contributed by atoms with Crippen molar-refractivity contribution in [2.45, 2.75) is 0 Å². The molecular formula is C18H14ClN3O5. The van der Waals surface area contributed by atoms with E-state index in [0.717, 1.165) is 4.90 Å². The van der Waals surface area contributed by atoms with Crippen LogP contribution in [0.3, 0.4) is 0 Å². The first-order chi connectivity index (χ1) is 12.8. The van der Waals surface area contributed by atoms with Gasteiger partial charge in [-0.05, 0) is 36.4 Å². The van der Waals surface area contributed by atoms with Gasteiger partial charge in [0, 0.05) is 17.8 Å². The molecule has 27 heavy (non-hydrogen) atoms. The van der Waals surface area contributed by atoms with Gasteiger partial charge in [-0.2, -0.15) is 0 Å². The number of primary amides is 1. The number of anilines is 1. The van der Waals surface area contributed by atoms with Gasteiger partial charge in [0.05, 0.1) is 16.7 Å². The van der Waals surface area contributed by atoms with Crippen LogP contribution in [0.5, 0.6) is 5.75 Å². The van der Waals surface area contributed by atoms with E-state index in [1.807, 2.05) is 0 Å². The van der Waals surface area contributed by atoms with E-state index in [-0.39, 0.29) is 22.4 Å². The number of halogens is 1. The van der Waals surface area contributed by atoms with Crippen molar-refractivity contribution in [2.24, 2.45) is 5.73 Å². The zero-order valence-corrected chi connectivity index (χ0v) is 14.9. The normalized spacial score (nSPS) is 12.7. The summed E-state index contributed by atoms with van der Waals surface area (Å²) in [6, 6.07) is 8.66. The first-order valence-corrected chi connectivity index (χ1v) is 8.14. The second-order valence-electron chi connectivity index (χ2n) is 5.77. The van der Waals surface area contributed by atoms with Crippen LogP contribution in [-0.2, 0) is 4.79 Å². The molecule has 0 atom stereocenters. The van der Waals surface area contributed by atoms with Gasteiger partial charge in [0.2, 0.25) is 0 Å². The molecule has 9 heteroatoms. The lowest BCUT2D eigenvalue weighted by molar-refractivity contribution is -0.118. The third kappa shape index (κ3) is 3.61. The average molecular weight is 388 g/mol. The lowest BCUT2D eigenvalue weighted by atomic mass is 10.1. The minimum Gasteiger partial charge on any atom is -0.483 e. The van der Waals surface area contributed by atoms with Crippen molar-refractivity contribution >= 4 is 40.9 Å². The fourth-order valence-corrected chi connectivity index (χ4v) is 2.76. The van der Waals surface area contributed by atoms with Crippen molar-refractivity contribution in [3.8, 4) is 5.75 Å². The van der Waals surface area contributed by atoms with E-state index in [1.54, 1.807) is 0 Å². The number of hydrogen-bond acceptors (Lipinski definition) is 5. The molecule has 8 nitrogen and oxygen atoms in total. The zero-order chi connectivity index (χ0) is 19.7. The minimum atomic E-state index is -0.715. The maximum absolute atomic E-state index is 12.1. The van der Waals surface area contributed by atoms with Crippen LogP contribution in [-0.4, -0.2) is 42.2 Å². The molecule has 3 rings (SSSR count). The van der Waals surface area contributed by atoms with Gasteiger partial charge in [-0.3, -0.25) is 24.1 Å². The summed E-state index contributed by atoms with van der Waals surface area (Å²) >= 11 is 5.86. The number of ether oxygens (including phenoxy) is 1. The Labute approximate surface area is 158 Å².